The molecule has 0 spiro atoms. The van der Waals surface area contributed by atoms with Gasteiger partial charge in [-0.1, -0.05) is 6.07 Å². The Labute approximate surface area is 166 Å². The summed E-state index contributed by atoms with van der Waals surface area (Å²) in [6.07, 6.45) is 1.76. The predicted molar refractivity (Wildman–Crippen MR) is 110 cm³/mol. The Bertz CT molecular complexity index is 608. The molecule has 2 rings (SSSR count). The molecule has 1 aliphatic rings. The summed E-state index contributed by atoms with van der Waals surface area (Å²) in [6, 6.07) is 4.09. The molecule has 1 aliphatic heterocycles. The Morgan fingerprint density at radius 3 is 2.75 bits per heavy atom. The second-order valence-electron chi connectivity index (χ2n) is 7.06. The second-order valence-corrected chi connectivity index (χ2v) is 7.06. The van der Waals surface area contributed by atoms with E-state index in [4.69, 9.17) is 4.74 Å². The van der Waals surface area contributed by atoms with Crippen LogP contribution in [-0.2, 0) is 4.74 Å². The number of ether oxygens (including phenoxy) is 1. The number of guanidine groups is 1. The Balaban J connectivity index is 1.83. The predicted octanol–water partition coefficient (Wildman–Crippen LogP) is 2.07. The number of methoxy groups -OCH3 is 1. The van der Waals surface area contributed by atoms with Crippen molar-refractivity contribution in [2.45, 2.75) is 25.8 Å². The topological polar surface area (TPSA) is 52.1 Å². The zero-order valence-corrected chi connectivity index (χ0v) is 17.2. The molecule has 1 saturated heterocycles. The number of likely N-dealkylation sites (N-methyl/N-ethyl adjacent to an activating group) is 1. The third kappa shape index (κ3) is 6.91. The minimum atomic E-state index is -0.515. The van der Waals surface area contributed by atoms with E-state index in [2.05, 4.69) is 27.6 Å². The number of hydrogen-bond donors (Lipinski definition) is 2. The standard InChI is InChI=1S/C20H33F2N5O/c1-4-23-20(24-10-6-11-26(2)13-14-28-3)25-16-9-12-27(15-16)19-17(21)7-5-8-18(19)22/h5,7-8,16H,4,6,9-15H2,1-3H3,(H2,23,24,25). The van der Waals surface area contributed by atoms with Crippen LogP contribution < -0.4 is 15.5 Å². The Morgan fingerprint density at radius 2 is 2.07 bits per heavy atom. The molecule has 158 valence electrons. The third-order valence-electron chi connectivity index (χ3n) is 4.77. The second kappa shape index (κ2) is 11.8. The van der Waals surface area contributed by atoms with Crippen LogP contribution in [0.1, 0.15) is 19.8 Å². The first-order valence-corrected chi connectivity index (χ1v) is 9.96. The molecule has 0 saturated carbocycles. The molecule has 0 aromatic heterocycles. The Kier molecular flexibility index (Phi) is 9.43. The van der Waals surface area contributed by atoms with E-state index in [1.807, 2.05) is 6.92 Å². The lowest BCUT2D eigenvalue weighted by molar-refractivity contribution is 0.161. The van der Waals surface area contributed by atoms with Gasteiger partial charge in [0.25, 0.3) is 0 Å². The van der Waals surface area contributed by atoms with Gasteiger partial charge < -0.3 is 25.2 Å². The van der Waals surface area contributed by atoms with Crippen LogP contribution in [0.4, 0.5) is 14.5 Å². The van der Waals surface area contributed by atoms with Crippen molar-refractivity contribution in [3.05, 3.63) is 29.8 Å². The molecular weight excluding hydrogens is 364 g/mol. The maximum Gasteiger partial charge on any atom is 0.191 e. The van der Waals surface area contributed by atoms with Crippen molar-refractivity contribution in [3.8, 4) is 0 Å². The highest BCUT2D eigenvalue weighted by Crippen LogP contribution is 2.26. The van der Waals surface area contributed by atoms with Gasteiger partial charge in [0, 0.05) is 45.9 Å². The molecule has 6 nitrogen and oxygen atoms in total. The van der Waals surface area contributed by atoms with Gasteiger partial charge in [0.1, 0.15) is 17.3 Å². The molecule has 1 aromatic rings. The summed E-state index contributed by atoms with van der Waals surface area (Å²) in [6.45, 7) is 7.24. The Hall–Kier alpha value is -1.93. The molecule has 1 unspecified atom stereocenters. The molecule has 1 heterocycles. The molecule has 0 amide bonds. The monoisotopic (exact) mass is 397 g/mol. The van der Waals surface area contributed by atoms with Crippen LogP contribution in [0.5, 0.6) is 0 Å². The lowest BCUT2D eigenvalue weighted by Gasteiger charge is -2.21. The number of benzene rings is 1. The van der Waals surface area contributed by atoms with Crippen LogP contribution in [0.2, 0.25) is 0 Å². The van der Waals surface area contributed by atoms with Crippen molar-refractivity contribution < 1.29 is 13.5 Å². The van der Waals surface area contributed by atoms with Crippen LogP contribution >= 0.6 is 0 Å². The molecule has 1 aromatic carbocycles. The number of aliphatic imine (C=N–C) groups is 1. The van der Waals surface area contributed by atoms with Crippen LogP contribution in [0.25, 0.3) is 0 Å². The van der Waals surface area contributed by atoms with Gasteiger partial charge >= 0.3 is 0 Å². The summed E-state index contributed by atoms with van der Waals surface area (Å²) in [4.78, 5) is 8.61. The highest BCUT2D eigenvalue weighted by Gasteiger charge is 2.27. The third-order valence-corrected chi connectivity index (χ3v) is 4.77. The molecule has 28 heavy (non-hydrogen) atoms. The van der Waals surface area contributed by atoms with Crippen LogP contribution in [-0.4, -0.2) is 76.9 Å². The van der Waals surface area contributed by atoms with Crippen molar-refractivity contribution >= 4 is 11.6 Å². The average molecular weight is 398 g/mol. The summed E-state index contributed by atoms with van der Waals surface area (Å²) in [5, 5.41) is 6.64. The van der Waals surface area contributed by atoms with Crippen LogP contribution in [0.3, 0.4) is 0 Å². The van der Waals surface area contributed by atoms with E-state index in [0.717, 1.165) is 45.0 Å². The van der Waals surface area contributed by atoms with Gasteiger partial charge in [0.05, 0.1) is 6.61 Å². The number of nitrogens with zero attached hydrogens (tertiary/aromatic N) is 3. The first-order chi connectivity index (χ1) is 13.5. The SMILES string of the molecule is CCNC(=NCCCN(C)CCOC)NC1CCN(c2c(F)cccc2F)C1. The van der Waals surface area contributed by atoms with E-state index in [9.17, 15) is 8.78 Å². The minimum absolute atomic E-state index is 0.0628. The number of hydrogen-bond acceptors (Lipinski definition) is 4. The lowest BCUT2D eigenvalue weighted by Crippen LogP contribution is -2.44. The fourth-order valence-corrected chi connectivity index (χ4v) is 3.28. The summed E-state index contributed by atoms with van der Waals surface area (Å²) < 4.78 is 33.1. The van der Waals surface area contributed by atoms with Gasteiger partial charge in [0.15, 0.2) is 5.96 Å². The van der Waals surface area contributed by atoms with Gasteiger partial charge in [0.2, 0.25) is 0 Å². The smallest absolute Gasteiger partial charge is 0.191 e. The van der Waals surface area contributed by atoms with E-state index in [1.165, 1.54) is 18.2 Å². The van der Waals surface area contributed by atoms with E-state index < -0.39 is 11.6 Å². The highest BCUT2D eigenvalue weighted by atomic mass is 19.1. The maximum atomic E-state index is 14.0. The van der Waals surface area contributed by atoms with Gasteiger partial charge in [-0.05, 0) is 45.5 Å². The van der Waals surface area contributed by atoms with Crippen molar-refractivity contribution in [3.63, 3.8) is 0 Å². The summed E-state index contributed by atoms with van der Waals surface area (Å²) in [7, 11) is 3.78. The van der Waals surface area contributed by atoms with Gasteiger partial charge in [-0.3, -0.25) is 4.99 Å². The van der Waals surface area contributed by atoms with Gasteiger partial charge in [-0.2, -0.15) is 0 Å². The van der Waals surface area contributed by atoms with Gasteiger partial charge in [-0.15, -0.1) is 0 Å². The number of rotatable bonds is 10. The van der Waals surface area contributed by atoms with Gasteiger partial charge in [-0.25, -0.2) is 8.78 Å². The zero-order chi connectivity index (χ0) is 20.4. The number of halogens is 2. The molecule has 1 atom stereocenters. The number of anilines is 1. The fourth-order valence-electron chi connectivity index (χ4n) is 3.28. The fraction of sp³-hybridized carbons (Fsp3) is 0.650. The lowest BCUT2D eigenvalue weighted by atomic mass is 10.2. The first kappa shape index (κ1) is 22.4. The maximum absolute atomic E-state index is 14.0. The van der Waals surface area contributed by atoms with Crippen LogP contribution in [0.15, 0.2) is 23.2 Å². The summed E-state index contributed by atoms with van der Waals surface area (Å²) in [5.41, 5.74) is 0.0628. The number of nitrogens with one attached hydrogen (secondary N) is 2. The Morgan fingerprint density at radius 1 is 1.32 bits per heavy atom. The molecular formula is C20H33F2N5O. The summed E-state index contributed by atoms with van der Waals surface area (Å²) >= 11 is 0. The normalized spacial score (nSPS) is 17.4. The van der Waals surface area contributed by atoms with E-state index in [0.29, 0.717) is 19.6 Å². The van der Waals surface area contributed by atoms with Crippen LogP contribution in [0, 0.1) is 11.6 Å². The van der Waals surface area contributed by atoms with E-state index in [1.54, 1.807) is 12.0 Å². The molecule has 2 N–H and O–H groups in total. The average Bonchev–Trinajstić information content (AvgIpc) is 3.11. The summed E-state index contributed by atoms with van der Waals surface area (Å²) in [5.74, 6) is -0.277. The molecule has 1 fully saturated rings. The quantitative estimate of drug-likeness (QED) is 0.360. The van der Waals surface area contributed by atoms with Crippen molar-refractivity contribution in [2.24, 2.45) is 4.99 Å². The number of para-hydroxylation sites is 1. The minimum Gasteiger partial charge on any atom is -0.383 e. The molecule has 0 radical (unpaired) electrons. The zero-order valence-electron chi connectivity index (χ0n) is 17.2. The first-order valence-electron chi connectivity index (χ1n) is 9.96. The van der Waals surface area contributed by atoms with Crippen molar-refractivity contribution in [1.29, 1.82) is 0 Å². The molecule has 8 heteroatoms. The molecule has 0 bridgehead atoms. The largest absolute Gasteiger partial charge is 0.383 e. The van der Waals surface area contributed by atoms with E-state index >= 15 is 0 Å². The van der Waals surface area contributed by atoms with E-state index in [-0.39, 0.29) is 11.7 Å². The van der Waals surface area contributed by atoms with Crippen molar-refractivity contribution in [1.82, 2.24) is 15.5 Å². The highest BCUT2D eigenvalue weighted by molar-refractivity contribution is 5.80. The molecule has 0 aliphatic carbocycles. The van der Waals surface area contributed by atoms with Crippen molar-refractivity contribution in [2.75, 3.05) is 64.9 Å².